The number of aliphatic hydroxyl groups is 2. The van der Waals surface area contributed by atoms with Crippen LogP contribution in [0.2, 0.25) is 0 Å². The molecular formula is C24H44O6. The second-order valence-electron chi connectivity index (χ2n) is 8.90. The lowest BCUT2D eigenvalue weighted by Crippen LogP contribution is -2.57. The summed E-state index contributed by atoms with van der Waals surface area (Å²) < 4.78 is 0. The van der Waals surface area contributed by atoms with Crippen LogP contribution in [0, 0.1) is 0 Å². The van der Waals surface area contributed by atoms with Gasteiger partial charge in [-0.15, -0.1) is 0 Å². The predicted octanol–water partition coefficient (Wildman–Crippen LogP) is 4.97. The molecule has 0 fully saturated rings. The van der Waals surface area contributed by atoms with E-state index in [2.05, 4.69) is 6.92 Å². The van der Waals surface area contributed by atoms with Crippen molar-refractivity contribution in [3.05, 3.63) is 0 Å². The van der Waals surface area contributed by atoms with Crippen LogP contribution in [-0.4, -0.2) is 44.1 Å². The van der Waals surface area contributed by atoms with Crippen molar-refractivity contribution in [1.29, 1.82) is 0 Å². The lowest BCUT2D eigenvalue weighted by molar-refractivity contribution is -0.173. The number of rotatable bonds is 20. The van der Waals surface area contributed by atoms with E-state index in [0.29, 0.717) is 6.42 Å². The first-order valence-corrected chi connectivity index (χ1v) is 11.8. The van der Waals surface area contributed by atoms with Crippen molar-refractivity contribution in [2.75, 3.05) is 0 Å². The molecule has 0 heterocycles. The van der Waals surface area contributed by atoms with Gasteiger partial charge < -0.3 is 15.3 Å². The predicted molar refractivity (Wildman–Crippen MR) is 118 cm³/mol. The third-order valence-corrected chi connectivity index (χ3v) is 5.85. The maximum atomic E-state index is 12.1. The molecule has 0 aromatic rings. The third-order valence-electron chi connectivity index (χ3n) is 5.85. The van der Waals surface area contributed by atoms with Crippen molar-refractivity contribution in [3.8, 4) is 0 Å². The Bertz CT molecular complexity index is 510. The Hall–Kier alpha value is -1.27. The van der Waals surface area contributed by atoms with Gasteiger partial charge in [0.05, 0.1) is 0 Å². The molecule has 2 atom stereocenters. The summed E-state index contributed by atoms with van der Waals surface area (Å²) in [5, 5.41) is 28.7. The number of Topliss-reactive ketones (excluding diaryl/α,β-unsaturated/α-hetero) is 2. The molecule has 0 aromatic carbocycles. The SMILES string of the molecule is CCCCCCCCCCCCCCCCCC(=O)C(C)(O)C(=O)C(C)(O)C(=O)O. The fourth-order valence-electron chi connectivity index (χ4n) is 3.60. The molecule has 0 spiro atoms. The number of unbranched alkanes of at least 4 members (excludes halogenated alkanes) is 14. The highest BCUT2D eigenvalue weighted by molar-refractivity contribution is 6.19. The standard InChI is InChI=1S/C24H44O6/c1-4-5-6-7-8-9-10-11-12-13-14-15-16-17-18-19-20(25)23(2,29)21(26)24(3,30)22(27)28/h29-30H,4-19H2,1-3H3,(H,27,28). The Kier molecular flexibility index (Phi) is 14.9. The summed E-state index contributed by atoms with van der Waals surface area (Å²) in [7, 11) is 0. The summed E-state index contributed by atoms with van der Waals surface area (Å²) in [5.74, 6) is -3.93. The molecule has 0 saturated heterocycles. The lowest BCUT2D eigenvalue weighted by atomic mass is 9.83. The van der Waals surface area contributed by atoms with E-state index in [4.69, 9.17) is 5.11 Å². The molecule has 0 saturated carbocycles. The zero-order valence-corrected chi connectivity index (χ0v) is 19.4. The largest absolute Gasteiger partial charge is 0.479 e. The average Bonchev–Trinajstić information content (AvgIpc) is 2.69. The maximum absolute atomic E-state index is 12.1. The fraction of sp³-hybridized carbons (Fsp3) is 0.875. The molecule has 3 N–H and O–H groups in total. The molecule has 0 amide bonds. The molecule has 0 aliphatic carbocycles. The fourth-order valence-corrected chi connectivity index (χ4v) is 3.60. The van der Waals surface area contributed by atoms with E-state index < -0.39 is 28.7 Å². The molecule has 6 nitrogen and oxygen atoms in total. The van der Waals surface area contributed by atoms with E-state index in [1.54, 1.807) is 0 Å². The van der Waals surface area contributed by atoms with E-state index in [0.717, 1.165) is 33.1 Å². The highest BCUT2D eigenvalue weighted by Gasteiger charge is 2.51. The first-order valence-electron chi connectivity index (χ1n) is 11.8. The average molecular weight is 429 g/mol. The molecule has 0 aliphatic heterocycles. The van der Waals surface area contributed by atoms with Crippen molar-refractivity contribution in [3.63, 3.8) is 0 Å². The van der Waals surface area contributed by atoms with Crippen LogP contribution in [0.3, 0.4) is 0 Å². The lowest BCUT2D eigenvalue weighted by Gasteiger charge is -2.27. The smallest absolute Gasteiger partial charge is 0.343 e. The molecule has 2 unspecified atom stereocenters. The number of hydrogen-bond donors (Lipinski definition) is 3. The van der Waals surface area contributed by atoms with E-state index in [1.807, 2.05) is 0 Å². The molecule has 0 aliphatic rings. The van der Waals surface area contributed by atoms with Gasteiger partial charge in [0.15, 0.2) is 11.4 Å². The van der Waals surface area contributed by atoms with E-state index >= 15 is 0 Å². The minimum Gasteiger partial charge on any atom is -0.479 e. The van der Waals surface area contributed by atoms with Crippen LogP contribution >= 0.6 is 0 Å². The first-order chi connectivity index (χ1) is 14.1. The van der Waals surface area contributed by atoms with Crippen LogP contribution in [0.15, 0.2) is 0 Å². The Morgan fingerprint density at radius 1 is 0.600 bits per heavy atom. The van der Waals surface area contributed by atoms with Crippen LogP contribution < -0.4 is 0 Å². The zero-order valence-electron chi connectivity index (χ0n) is 19.4. The highest BCUT2D eigenvalue weighted by atomic mass is 16.4. The minimum absolute atomic E-state index is 0.00725. The van der Waals surface area contributed by atoms with Crippen molar-refractivity contribution in [1.82, 2.24) is 0 Å². The topological polar surface area (TPSA) is 112 Å². The molecule has 6 heteroatoms. The number of carbonyl (C=O) groups excluding carboxylic acids is 2. The summed E-state index contributed by atoms with van der Waals surface area (Å²) in [6.45, 7) is 3.97. The Labute approximate surface area is 182 Å². The van der Waals surface area contributed by atoms with E-state index in [1.165, 1.54) is 70.6 Å². The van der Waals surface area contributed by atoms with E-state index in [9.17, 15) is 24.6 Å². The van der Waals surface area contributed by atoms with E-state index in [-0.39, 0.29) is 6.42 Å². The Morgan fingerprint density at radius 3 is 1.27 bits per heavy atom. The van der Waals surface area contributed by atoms with Gasteiger partial charge in [-0.3, -0.25) is 9.59 Å². The van der Waals surface area contributed by atoms with Gasteiger partial charge in [-0.2, -0.15) is 0 Å². The number of hydrogen-bond acceptors (Lipinski definition) is 5. The van der Waals surface area contributed by atoms with Gasteiger partial charge in [-0.05, 0) is 20.3 Å². The van der Waals surface area contributed by atoms with Crippen molar-refractivity contribution in [2.45, 2.75) is 135 Å². The first kappa shape index (κ1) is 28.7. The van der Waals surface area contributed by atoms with Crippen LogP contribution in [0.4, 0.5) is 0 Å². The van der Waals surface area contributed by atoms with Crippen molar-refractivity contribution in [2.24, 2.45) is 0 Å². The van der Waals surface area contributed by atoms with Gasteiger partial charge >= 0.3 is 5.97 Å². The quantitative estimate of drug-likeness (QED) is 0.186. The van der Waals surface area contributed by atoms with Gasteiger partial charge in [-0.1, -0.05) is 96.8 Å². The van der Waals surface area contributed by atoms with Crippen molar-refractivity contribution >= 4 is 17.5 Å². The van der Waals surface area contributed by atoms with Crippen LogP contribution in [0.1, 0.15) is 124 Å². The summed E-state index contributed by atoms with van der Waals surface area (Å²) in [5.41, 5.74) is -5.27. The molecule has 0 rings (SSSR count). The Morgan fingerprint density at radius 2 is 0.933 bits per heavy atom. The second kappa shape index (κ2) is 15.5. The maximum Gasteiger partial charge on any atom is 0.343 e. The summed E-state index contributed by atoms with van der Waals surface area (Å²) in [6.07, 6.45) is 17.9. The molecular weight excluding hydrogens is 384 g/mol. The third kappa shape index (κ3) is 11.2. The van der Waals surface area contributed by atoms with Gasteiger partial charge in [-0.25, -0.2) is 4.79 Å². The highest BCUT2D eigenvalue weighted by Crippen LogP contribution is 2.21. The Balaban J connectivity index is 3.74. The second-order valence-corrected chi connectivity index (χ2v) is 8.90. The summed E-state index contributed by atoms with van der Waals surface area (Å²) in [6, 6.07) is 0. The van der Waals surface area contributed by atoms with Gasteiger partial charge in [0.25, 0.3) is 0 Å². The van der Waals surface area contributed by atoms with Crippen LogP contribution in [0.25, 0.3) is 0 Å². The summed E-state index contributed by atoms with van der Waals surface area (Å²) in [4.78, 5) is 35.1. The summed E-state index contributed by atoms with van der Waals surface area (Å²) >= 11 is 0. The van der Waals surface area contributed by atoms with Crippen molar-refractivity contribution < 1.29 is 29.7 Å². The molecule has 0 bridgehead atoms. The van der Waals surface area contributed by atoms with Crippen LogP contribution in [-0.2, 0) is 14.4 Å². The molecule has 176 valence electrons. The monoisotopic (exact) mass is 428 g/mol. The molecule has 0 aromatic heterocycles. The van der Waals surface area contributed by atoms with Gasteiger partial charge in [0, 0.05) is 6.42 Å². The molecule has 0 radical (unpaired) electrons. The number of carbonyl (C=O) groups is 3. The number of carboxylic acids is 1. The molecule has 30 heavy (non-hydrogen) atoms. The van der Waals surface area contributed by atoms with Gasteiger partial charge in [0.1, 0.15) is 0 Å². The normalized spacial score (nSPS) is 15.4. The number of ketones is 2. The van der Waals surface area contributed by atoms with Crippen LogP contribution in [0.5, 0.6) is 0 Å². The van der Waals surface area contributed by atoms with Gasteiger partial charge in [0.2, 0.25) is 11.4 Å². The zero-order chi connectivity index (χ0) is 23.0. The number of aliphatic carboxylic acids is 1. The number of carboxylic acid groups (broad SMARTS) is 1. The minimum atomic E-state index is -2.78.